The zero-order valence-corrected chi connectivity index (χ0v) is 43.3. The first-order valence-electron chi connectivity index (χ1n) is 23.3. The van der Waals surface area contributed by atoms with Gasteiger partial charge in [0.2, 0.25) is 0 Å². The van der Waals surface area contributed by atoms with Crippen molar-refractivity contribution in [3.8, 4) is 0 Å². The van der Waals surface area contributed by atoms with Crippen LogP contribution in [0.4, 0.5) is 0 Å². The number of carbonyl (C=O) groups excluding carboxylic acids is 2. The quantitative estimate of drug-likeness (QED) is 0.0127. The minimum absolute atomic E-state index is 0. The van der Waals surface area contributed by atoms with E-state index in [4.69, 9.17) is 18.5 Å². The second kappa shape index (κ2) is 37.0. The van der Waals surface area contributed by atoms with Crippen molar-refractivity contribution in [3.63, 3.8) is 0 Å². The summed E-state index contributed by atoms with van der Waals surface area (Å²) in [7, 11) is -16.6. The van der Waals surface area contributed by atoms with Crippen molar-refractivity contribution >= 4 is 65.0 Å². The third kappa shape index (κ3) is 32.8. The average molecular weight is 994 g/mol. The van der Waals surface area contributed by atoms with Crippen LogP contribution in [0.3, 0.4) is 0 Å². The van der Waals surface area contributed by atoms with Gasteiger partial charge in [0.15, 0.2) is 6.10 Å². The smallest absolute Gasteiger partial charge is 0.462 e. The number of ether oxygens (including phenoxy) is 2. The molecule has 8 unspecified atom stereocenters. The summed E-state index contributed by atoms with van der Waals surface area (Å²) in [6.45, 7) is 2.94. The third-order valence-corrected chi connectivity index (χ3v) is 12.9. The molecule has 1 rings (SSSR count). The monoisotopic (exact) mass is 993 g/mol. The van der Waals surface area contributed by atoms with Crippen LogP contribution >= 0.6 is 23.5 Å². The van der Waals surface area contributed by atoms with Crippen LogP contribution in [0.1, 0.15) is 194 Å². The minimum Gasteiger partial charge on any atom is -0.462 e. The largest absolute Gasteiger partial charge is 0.472 e. The SMILES string of the molecule is CCCCCCCCCCCCCCCC(=O)OCC(COP(=O)(O)OC1C(O)C(O)C(OP(=O)(O)O)C(OP(=O)(O)O)C1O)OC(=O)CCCCCCCCCCCCCCC.[Na]. The summed E-state index contributed by atoms with van der Waals surface area (Å²) < 4.78 is 65.4. The van der Waals surface area contributed by atoms with Gasteiger partial charge in [-0.2, -0.15) is 0 Å². The molecule has 0 aromatic carbocycles. The first-order chi connectivity index (χ1) is 29.8. The number of phosphoric acid groups is 3. The van der Waals surface area contributed by atoms with E-state index in [2.05, 4.69) is 22.9 Å². The van der Waals surface area contributed by atoms with Crippen LogP contribution in [0, 0.1) is 0 Å². The van der Waals surface area contributed by atoms with Gasteiger partial charge < -0.3 is 49.3 Å². The van der Waals surface area contributed by atoms with Crippen molar-refractivity contribution in [2.24, 2.45) is 0 Å². The van der Waals surface area contributed by atoms with Gasteiger partial charge in [0.25, 0.3) is 0 Å². The molecular formula is C41H81NaO19P3. The molecule has 0 amide bonds. The van der Waals surface area contributed by atoms with E-state index in [0.29, 0.717) is 12.8 Å². The van der Waals surface area contributed by atoms with Gasteiger partial charge in [0, 0.05) is 42.4 Å². The van der Waals surface area contributed by atoms with E-state index in [9.17, 15) is 63.1 Å². The molecule has 19 nitrogen and oxygen atoms in total. The molecule has 1 saturated carbocycles. The molecule has 375 valence electrons. The molecule has 8 atom stereocenters. The zero-order chi connectivity index (χ0) is 47.2. The minimum atomic E-state index is -5.59. The molecule has 8 N–H and O–H groups in total. The number of phosphoric ester groups is 3. The summed E-state index contributed by atoms with van der Waals surface area (Å²) in [4.78, 5) is 73.1. The topological polar surface area (TPSA) is 303 Å². The maximum atomic E-state index is 13.1. The van der Waals surface area contributed by atoms with E-state index in [1.54, 1.807) is 0 Å². The van der Waals surface area contributed by atoms with E-state index in [1.165, 1.54) is 103 Å². The number of rotatable bonds is 40. The van der Waals surface area contributed by atoms with Gasteiger partial charge in [-0.15, -0.1) is 0 Å². The second-order valence-electron chi connectivity index (χ2n) is 16.7. The average Bonchev–Trinajstić information content (AvgIpc) is 3.20. The Morgan fingerprint density at radius 2 is 0.781 bits per heavy atom. The van der Waals surface area contributed by atoms with Gasteiger partial charge in [-0.3, -0.25) is 27.7 Å². The molecule has 0 heterocycles. The number of aliphatic hydroxyl groups is 3. The Hall–Kier alpha value is 0.150. The Balaban J connectivity index is 0.0000397. The third-order valence-electron chi connectivity index (χ3n) is 10.9. The summed E-state index contributed by atoms with van der Waals surface area (Å²) in [6.07, 6.45) is 12.7. The van der Waals surface area contributed by atoms with Crippen LogP contribution in [-0.4, -0.2) is 137 Å². The number of hydrogen-bond acceptors (Lipinski definition) is 14. The van der Waals surface area contributed by atoms with Gasteiger partial charge in [-0.1, -0.05) is 168 Å². The first kappa shape index (κ1) is 64.2. The van der Waals surface area contributed by atoms with Crippen molar-refractivity contribution in [2.45, 2.75) is 236 Å². The van der Waals surface area contributed by atoms with Crippen molar-refractivity contribution in [3.05, 3.63) is 0 Å². The summed E-state index contributed by atoms with van der Waals surface area (Å²) in [5.74, 6) is -1.28. The van der Waals surface area contributed by atoms with E-state index in [0.717, 1.165) is 51.4 Å². The van der Waals surface area contributed by atoms with Gasteiger partial charge in [-0.25, -0.2) is 13.7 Å². The Bertz CT molecular complexity index is 1350. The van der Waals surface area contributed by atoms with Crippen LogP contribution < -0.4 is 0 Å². The molecule has 0 spiro atoms. The molecule has 0 aliphatic heterocycles. The van der Waals surface area contributed by atoms with Crippen molar-refractivity contribution in [1.29, 1.82) is 0 Å². The molecule has 0 aromatic rings. The summed E-state index contributed by atoms with van der Waals surface area (Å²) in [6, 6.07) is 0. The Morgan fingerprint density at radius 3 is 1.16 bits per heavy atom. The van der Waals surface area contributed by atoms with Crippen molar-refractivity contribution < 1.29 is 90.6 Å². The molecule has 1 radical (unpaired) electrons. The Kier molecular flexibility index (Phi) is 37.1. The second-order valence-corrected chi connectivity index (χ2v) is 20.5. The molecule has 1 aliphatic rings. The van der Waals surface area contributed by atoms with Crippen LogP contribution in [-0.2, 0) is 50.9 Å². The molecule has 23 heteroatoms. The van der Waals surface area contributed by atoms with Crippen LogP contribution in [0.5, 0.6) is 0 Å². The van der Waals surface area contributed by atoms with E-state index < -0.39 is 91.3 Å². The summed E-state index contributed by atoms with van der Waals surface area (Å²) in [5.41, 5.74) is 0. The Labute approximate surface area is 403 Å². The zero-order valence-electron chi connectivity index (χ0n) is 38.7. The number of esters is 2. The fraction of sp³-hybridized carbons (Fsp3) is 0.951. The molecular weight excluding hydrogens is 912 g/mol. The van der Waals surface area contributed by atoms with Crippen LogP contribution in [0.15, 0.2) is 0 Å². The predicted octanol–water partition coefficient (Wildman–Crippen LogP) is 7.58. The summed E-state index contributed by atoms with van der Waals surface area (Å²) >= 11 is 0. The normalized spacial score (nSPS) is 21.8. The number of aliphatic hydroxyl groups excluding tert-OH is 3. The fourth-order valence-electron chi connectivity index (χ4n) is 7.41. The van der Waals surface area contributed by atoms with Crippen LogP contribution in [0.2, 0.25) is 0 Å². The maximum absolute atomic E-state index is 13.1. The molecule has 1 aliphatic carbocycles. The molecule has 0 saturated heterocycles. The van der Waals surface area contributed by atoms with Crippen molar-refractivity contribution in [1.82, 2.24) is 0 Å². The molecule has 0 bridgehead atoms. The van der Waals surface area contributed by atoms with Gasteiger partial charge in [0.1, 0.15) is 43.2 Å². The fourth-order valence-corrected chi connectivity index (χ4v) is 9.50. The number of unbranched alkanes of at least 4 members (excludes halogenated alkanes) is 24. The number of carbonyl (C=O) groups is 2. The first-order valence-corrected chi connectivity index (χ1v) is 27.9. The standard InChI is InChI=1S/C41H81O19P3.Na/c1-3-5-7-9-11-13-15-17-19-21-23-25-27-29-34(42)55-31-33(57-35(43)30-28-26-24-22-20-18-16-14-12-10-8-6-4-2)32-56-63(53,54)60-39-36(44)37(45)40(58-61(47,48)49)41(38(39)46)59-62(50,51)52;/h33,36-41,44-46H,3-32H2,1-2H3,(H,53,54)(H2,47,48,49)(H2,50,51,52);. The van der Waals surface area contributed by atoms with E-state index in [-0.39, 0.29) is 42.4 Å². The molecule has 1 fully saturated rings. The van der Waals surface area contributed by atoms with E-state index >= 15 is 0 Å². The van der Waals surface area contributed by atoms with Crippen molar-refractivity contribution in [2.75, 3.05) is 13.2 Å². The van der Waals surface area contributed by atoms with E-state index in [1.807, 2.05) is 0 Å². The Morgan fingerprint density at radius 1 is 0.453 bits per heavy atom. The number of hydrogen-bond donors (Lipinski definition) is 8. The molecule has 64 heavy (non-hydrogen) atoms. The van der Waals surface area contributed by atoms with Crippen LogP contribution in [0.25, 0.3) is 0 Å². The maximum Gasteiger partial charge on any atom is 0.472 e. The van der Waals surface area contributed by atoms with Gasteiger partial charge in [-0.05, 0) is 12.8 Å². The molecule has 0 aromatic heterocycles. The predicted molar refractivity (Wildman–Crippen MR) is 240 cm³/mol. The van der Waals surface area contributed by atoms with Gasteiger partial charge >= 0.3 is 35.4 Å². The van der Waals surface area contributed by atoms with Gasteiger partial charge in [0.05, 0.1) is 6.61 Å². The summed E-state index contributed by atoms with van der Waals surface area (Å²) in [5, 5.41) is 31.8.